The van der Waals surface area contributed by atoms with Crippen molar-refractivity contribution < 1.29 is 0 Å². The van der Waals surface area contributed by atoms with Crippen LogP contribution in [0.1, 0.15) is 45.6 Å². The molecule has 1 aliphatic heterocycles. The fraction of sp³-hybridized carbons (Fsp3) is 0.625. The quantitative estimate of drug-likeness (QED) is 0.903. The first-order valence-electron chi connectivity index (χ1n) is 7.25. The van der Waals surface area contributed by atoms with Gasteiger partial charge in [0, 0.05) is 28.3 Å². The van der Waals surface area contributed by atoms with Crippen molar-refractivity contribution in [3.8, 4) is 0 Å². The monoisotopic (exact) mass is 324 g/mol. The molecule has 1 atom stereocenters. The number of anilines is 1. The minimum absolute atomic E-state index is 0.249. The molecule has 0 aromatic heterocycles. The van der Waals surface area contributed by atoms with Crippen LogP contribution in [0.3, 0.4) is 0 Å². The van der Waals surface area contributed by atoms with Gasteiger partial charge in [-0.05, 0) is 63.3 Å². The zero-order chi connectivity index (χ0) is 14.0. The van der Waals surface area contributed by atoms with Crippen molar-refractivity contribution in [2.24, 2.45) is 5.73 Å². The second-order valence-corrected chi connectivity index (χ2v) is 7.13. The Morgan fingerprint density at radius 1 is 1.42 bits per heavy atom. The van der Waals surface area contributed by atoms with Crippen LogP contribution in [0.25, 0.3) is 0 Å². The highest BCUT2D eigenvalue weighted by Gasteiger charge is 2.33. The lowest BCUT2D eigenvalue weighted by molar-refractivity contribution is 0.515. The Hall–Kier alpha value is -0.540. The number of nitrogens with zero attached hydrogens (tertiary/aromatic N) is 1. The van der Waals surface area contributed by atoms with Crippen LogP contribution in [0.4, 0.5) is 5.69 Å². The van der Waals surface area contributed by atoms with E-state index in [2.05, 4.69) is 59.8 Å². The summed E-state index contributed by atoms with van der Waals surface area (Å²) in [5.74, 6) is 0. The molecule has 1 aliphatic rings. The van der Waals surface area contributed by atoms with Gasteiger partial charge >= 0.3 is 0 Å². The van der Waals surface area contributed by atoms with Crippen LogP contribution in [0, 0.1) is 0 Å². The molecule has 1 unspecified atom stereocenters. The third-order valence-corrected chi connectivity index (χ3v) is 4.73. The molecular weight excluding hydrogens is 300 g/mol. The van der Waals surface area contributed by atoms with Crippen molar-refractivity contribution in [1.82, 2.24) is 0 Å². The Bertz CT molecular complexity index is 442. The summed E-state index contributed by atoms with van der Waals surface area (Å²) in [4.78, 5) is 2.55. The van der Waals surface area contributed by atoms with E-state index in [9.17, 15) is 0 Å². The average molecular weight is 325 g/mol. The van der Waals surface area contributed by atoms with E-state index in [1.807, 2.05) is 0 Å². The van der Waals surface area contributed by atoms with Crippen LogP contribution in [-0.2, 0) is 6.42 Å². The van der Waals surface area contributed by atoms with Gasteiger partial charge in [-0.3, -0.25) is 0 Å². The van der Waals surface area contributed by atoms with Crippen molar-refractivity contribution in [3.05, 3.63) is 28.2 Å². The second kappa shape index (κ2) is 5.84. The number of rotatable bonds is 4. The molecule has 1 aromatic rings. The fourth-order valence-corrected chi connectivity index (χ4v) is 3.37. The van der Waals surface area contributed by atoms with E-state index in [4.69, 9.17) is 5.73 Å². The topological polar surface area (TPSA) is 29.3 Å². The van der Waals surface area contributed by atoms with Gasteiger partial charge in [-0.1, -0.05) is 22.9 Å². The number of hydrogen-bond acceptors (Lipinski definition) is 2. The zero-order valence-electron chi connectivity index (χ0n) is 12.2. The Morgan fingerprint density at radius 2 is 2.16 bits per heavy atom. The Labute approximate surface area is 125 Å². The molecular formula is C16H25BrN2. The molecule has 0 amide bonds. The van der Waals surface area contributed by atoms with Gasteiger partial charge in [0.05, 0.1) is 0 Å². The highest BCUT2D eigenvalue weighted by molar-refractivity contribution is 9.10. The maximum atomic E-state index is 6.16. The van der Waals surface area contributed by atoms with Crippen LogP contribution < -0.4 is 10.6 Å². The summed E-state index contributed by atoms with van der Waals surface area (Å²) in [5, 5.41) is 0. The molecule has 0 saturated carbocycles. The Morgan fingerprint density at radius 3 is 2.74 bits per heavy atom. The highest BCUT2D eigenvalue weighted by atomic mass is 79.9. The van der Waals surface area contributed by atoms with Gasteiger partial charge in [0.25, 0.3) is 0 Å². The average Bonchev–Trinajstić information content (AvgIpc) is 2.69. The third-order valence-electron chi connectivity index (χ3n) is 4.24. The minimum Gasteiger partial charge on any atom is -0.366 e. The molecule has 2 nitrogen and oxygen atoms in total. The molecule has 2 N–H and O–H groups in total. The first kappa shape index (κ1) is 14.9. The van der Waals surface area contributed by atoms with Crippen molar-refractivity contribution in [1.29, 1.82) is 0 Å². The summed E-state index contributed by atoms with van der Waals surface area (Å²) >= 11 is 3.59. The molecule has 2 rings (SSSR count). The first-order valence-corrected chi connectivity index (χ1v) is 8.05. The number of halogens is 1. The number of nitrogens with two attached hydrogens (primary N) is 1. The highest BCUT2D eigenvalue weighted by Crippen LogP contribution is 2.36. The van der Waals surface area contributed by atoms with Crippen LogP contribution in [0.2, 0.25) is 0 Å². The van der Waals surface area contributed by atoms with Crippen molar-refractivity contribution in [2.45, 2.75) is 58.0 Å². The van der Waals surface area contributed by atoms with Gasteiger partial charge in [-0.25, -0.2) is 0 Å². The van der Waals surface area contributed by atoms with Crippen LogP contribution in [-0.4, -0.2) is 18.1 Å². The summed E-state index contributed by atoms with van der Waals surface area (Å²) in [7, 11) is 0. The molecule has 1 heterocycles. The maximum Gasteiger partial charge on any atom is 0.0404 e. The van der Waals surface area contributed by atoms with Gasteiger partial charge in [0.15, 0.2) is 0 Å². The molecule has 19 heavy (non-hydrogen) atoms. The lowest BCUT2D eigenvalue weighted by Gasteiger charge is -2.35. The Kier molecular flexibility index (Phi) is 4.57. The predicted molar refractivity (Wildman–Crippen MR) is 86.8 cm³/mol. The predicted octanol–water partition coefficient (Wildman–Crippen LogP) is 4.11. The smallest absolute Gasteiger partial charge is 0.0404 e. The van der Waals surface area contributed by atoms with Crippen LogP contribution in [0.5, 0.6) is 0 Å². The second-order valence-electron chi connectivity index (χ2n) is 6.21. The first-order chi connectivity index (χ1) is 8.94. The molecule has 0 bridgehead atoms. The molecule has 1 fully saturated rings. The van der Waals surface area contributed by atoms with Crippen LogP contribution in [0.15, 0.2) is 22.7 Å². The summed E-state index contributed by atoms with van der Waals surface area (Å²) < 4.78 is 1.14. The van der Waals surface area contributed by atoms with Gasteiger partial charge in [-0.15, -0.1) is 0 Å². The molecule has 106 valence electrons. The largest absolute Gasteiger partial charge is 0.366 e. The van der Waals surface area contributed by atoms with E-state index < -0.39 is 0 Å². The minimum atomic E-state index is 0.249. The molecule has 1 aromatic carbocycles. The summed E-state index contributed by atoms with van der Waals surface area (Å²) in [5.41, 5.74) is 9.16. The molecule has 0 aliphatic carbocycles. The fourth-order valence-electron chi connectivity index (χ4n) is 2.96. The van der Waals surface area contributed by atoms with Gasteiger partial charge in [-0.2, -0.15) is 0 Å². The zero-order valence-corrected chi connectivity index (χ0v) is 13.8. The van der Waals surface area contributed by atoms with Crippen molar-refractivity contribution in [2.75, 3.05) is 11.4 Å². The van der Waals surface area contributed by atoms with E-state index in [0.29, 0.717) is 0 Å². The normalized spacial score (nSPS) is 19.7. The summed E-state index contributed by atoms with van der Waals surface area (Å²) in [6, 6.07) is 6.87. The molecule has 3 heteroatoms. The Balaban J connectivity index is 2.34. The standard InChI is InChI=1S/C16H25BrN2/c1-4-14(18)11-12-10-13(17)6-7-15(12)19-9-5-8-16(19,2)3/h6-7,10,14H,4-5,8-9,11,18H2,1-3H3. The van der Waals surface area contributed by atoms with Crippen molar-refractivity contribution >= 4 is 21.6 Å². The van der Waals surface area contributed by atoms with E-state index in [1.54, 1.807) is 0 Å². The number of hydrogen-bond donors (Lipinski definition) is 1. The van der Waals surface area contributed by atoms with E-state index in [0.717, 1.165) is 23.9 Å². The van der Waals surface area contributed by atoms with Crippen molar-refractivity contribution in [3.63, 3.8) is 0 Å². The summed E-state index contributed by atoms with van der Waals surface area (Å²) in [6.45, 7) is 7.99. The summed E-state index contributed by atoms with van der Waals surface area (Å²) in [6.07, 6.45) is 4.53. The SMILES string of the molecule is CCC(N)Cc1cc(Br)ccc1N1CCCC1(C)C. The maximum absolute atomic E-state index is 6.16. The number of benzene rings is 1. The van der Waals surface area contributed by atoms with E-state index >= 15 is 0 Å². The van der Waals surface area contributed by atoms with E-state index in [-0.39, 0.29) is 11.6 Å². The lowest BCUT2D eigenvalue weighted by Crippen LogP contribution is -2.39. The van der Waals surface area contributed by atoms with Gasteiger partial charge < -0.3 is 10.6 Å². The molecule has 1 saturated heterocycles. The molecule has 0 spiro atoms. The van der Waals surface area contributed by atoms with Gasteiger partial charge in [0.2, 0.25) is 0 Å². The van der Waals surface area contributed by atoms with Crippen LogP contribution >= 0.6 is 15.9 Å². The third kappa shape index (κ3) is 3.32. The lowest BCUT2D eigenvalue weighted by atomic mass is 9.98. The molecule has 0 radical (unpaired) electrons. The van der Waals surface area contributed by atoms with Gasteiger partial charge in [0.1, 0.15) is 0 Å². The van der Waals surface area contributed by atoms with E-state index in [1.165, 1.54) is 24.1 Å².